The zero-order valence-electron chi connectivity index (χ0n) is 18.2. The van der Waals surface area contributed by atoms with E-state index in [1.807, 2.05) is 0 Å². The van der Waals surface area contributed by atoms with Crippen LogP contribution in [0.3, 0.4) is 0 Å². The summed E-state index contributed by atoms with van der Waals surface area (Å²) in [5.41, 5.74) is 1.72. The molecule has 0 aliphatic rings. The SMILES string of the molecule is CCCCCCOc1ccc(-c2ccc(/C=C/c3ccc(C)c(F)c3F)cc2)c(F)c1F. The highest BCUT2D eigenvalue weighted by Crippen LogP contribution is 2.30. The minimum atomic E-state index is -1.00. The summed E-state index contributed by atoms with van der Waals surface area (Å²) in [5.74, 6) is -3.82. The molecule has 0 spiro atoms. The molecular formula is C27H26F4O. The molecule has 3 aromatic rings. The van der Waals surface area contributed by atoms with E-state index in [-0.39, 0.29) is 22.4 Å². The normalized spacial score (nSPS) is 11.3. The van der Waals surface area contributed by atoms with E-state index in [1.54, 1.807) is 30.3 Å². The third-order valence-electron chi connectivity index (χ3n) is 5.28. The topological polar surface area (TPSA) is 9.23 Å². The highest BCUT2D eigenvalue weighted by Gasteiger charge is 2.16. The summed E-state index contributed by atoms with van der Waals surface area (Å²) in [7, 11) is 0. The van der Waals surface area contributed by atoms with Crippen LogP contribution in [0.1, 0.15) is 49.3 Å². The van der Waals surface area contributed by atoms with Crippen LogP contribution in [0.2, 0.25) is 0 Å². The highest BCUT2D eigenvalue weighted by atomic mass is 19.2. The Kier molecular flexibility index (Phi) is 8.09. The lowest BCUT2D eigenvalue weighted by molar-refractivity contribution is 0.285. The molecule has 0 N–H and O–H groups in total. The minimum Gasteiger partial charge on any atom is -0.490 e. The van der Waals surface area contributed by atoms with Crippen molar-refractivity contribution in [1.29, 1.82) is 0 Å². The van der Waals surface area contributed by atoms with E-state index in [2.05, 4.69) is 6.92 Å². The summed E-state index contributed by atoms with van der Waals surface area (Å²) < 4.78 is 62.1. The van der Waals surface area contributed by atoms with Crippen molar-refractivity contribution in [2.75, 3.05) is 6.61 Å². The van der Waals surface area contributed by atoms with Gasteiger partial charge in [0.2, 0.25) is 5.82 Å². The van der Waals surface area contributed by atoms with Crippen LogP contribution < -0.4 is 4.74 Å². The van der Waals surface area contributed by atoms with E-state index >= 15 is 0 Å². The van der Waals surface area contributed by atoms with Gasteiger partial charge in [-0.05, 0) is 42.2 Å². The molecule has 0 amide bonds. The number of benzene rings is 3. The number of ether oxygens (including phenoxy) is 1. The van der Waals surface area contributed by atoms with Gasteiger partial charge in [0, 0.05) is 11.1 Å². The third kappa shape index (κ3) is 5.58. The van der Waals surface area contributed by atoms with Crippen molar-refractivity contribution in [1.82, 2.24) is 0 Å². The quantitative estimate of drug-likeness (QED) is 0.184. The van der Waals surface area contributed by atoms with E-state index in [9.17, 15) is 17.6 Å². The number of aryl methyl sites for hydroxylation is 1. The third-order valence-corrected chi connectivity index (χ3v) is 5.28. The Morgan fingerprint density at radius 3 is 2.19 bits per heavy atom. The van der Waals surface area contributed by atoms with Gasteiger partial charge in [-0.3, -0.25) is 0 Å². The van der Waals surface area contributed by atoms with Crippen LogP contribution in [0, 0.1) is 30.2 Å². The molecule has 0 aliphatic carbocycles. The molecule has 0 saturated heterocycles. The van der Waals surface area contributed by atoms with Gasteiger partial charge in [-0.2, -0.15) is 4.39 Å². The van der Waals surface area contributed by atoms with Crippen molar-refractivity contribution < 1.29 is 22.3 Å². The Labute approximate surface area is 186 Å². The molecule has 0 atom stereocenters. The Morgan fingerprint density at radius 2 is 1.47 bits per heavy atom. The molecule has 3 rings (SSSR count). The van der Waals surface area contributed by atoms with Crippen molar-refractivity contribution in [3.05, 3.63) is 88.5 Å². The smallest absolute Gasteiger partial charge is 0.201 e. The van der Waals surface area contributed by atoms with Gasteiger partial charge < -0.3 is 4.74 Å². The number of hydrogen-bond acceptors (Lipinski definition) is 1. The van der Waals surface area contributed by atoms with Crippen molar-refractivity contribution >= 4 is 12.2 Å². The first-order valence-corrected chi connectivity index (χ1v) is 10.8. The van der Waals surface area contributed by atoms with E-state index in [4.69, 9.17) is 4.74 Å². The van der Waals surface area contributed by atoms with Gasteiger partial charge in [0.15, 0.2) is 23.2 Å². The second-order valence-corrected chi connectivity index (χ2v) is 7.70. The molecule has 0 aromatic heterocycles. The average molecular weight is 442 g/mol. The first-order valence-electron chi connectivity index (χ1n) is 10.8. The first kappa shape index (κ1) is 23.6. The van der Waals surface area contributed by atoms with Crippen LogP contribution in [-0.2, 0) is 0 Å². The standard InChI is InChI=1S/C27H26F4O/c1-3-4-5-6-17-32-23-16-15-22(26(30)27(23)31)20-12-8-19(9-13-20)10-14-21-11-7-18(2)24(28)25(21)29/h7-16H,3-6,17H2,1-2H3/b14-10+. The summed E-state index contributed by atoms with van der Waals surface area (Å²) in [6, 6.07) is 12.6. The van der Waals surface area contributed by atoms with Gasteiger partial charge in [-0.15, -0.1) is 0 Å². The number of unbranched alkanes of at least 4 members (excludes halogenated alkanes) is 3. The molecule has 32 heavy (non-hydrogen) atoms. The molecule has 3 aromatic carbocycles. The fraction of sp³-hybridized carbons (Fsp3) is 0.259. The maximum absolute atomic E-state index is 14.6. The maximum Gasteiger partial charge on any atom is 0.201 e. The van der Waals surface area contributed by atoms with Gasteiger partial charge in [0.05, 0.1) is 6.61 Å². The van der Waals surface area contributed by atoms with Gasteiger partial charge in [0.1, 0.15) is 0 Å². The summed E-state index contributed by atoms with van der Waals surface area (Å²) >= 11 is 0. The van der Waals surface area contributed by atoms with Crippen LogP contribution in [0.25, 0.3) is 23.3 Å². The van der Waals surface area contributed by atoms with E-state index < -0.39 is 23.3 Å². The van der Waals surface area contributed by atoms with E-state index in [1.165, 1.54) is 37.3 Å². The molecule has 0 bridgehead atoms. The van der Waals surface area contributed by atoms with Crippen LogP contribution in [0.15, 0.2) is 48.5 Å². The minimum absolute atomic E-state index is 0.0883. The molecule has 0 saturated carbocycles. The van der Waals surface area contributed by atoms with Crippen molar-refractivity contribution in [3.8, 4) is 16.9 Å². The first-order chi connectivity index (χ1) is 15.4. The molecule has 0 unspecified atom stereocenters. The van der Waals surface area contributed by atoms with Crippen LogP contribution >= 0.6 is 0 Å². The molecule has 5 heteroatoms. The molecular weight excluding hydrogens is 416 g/mol. The fourth-order valence-electron chi connectivity index (χ4n) is 3.33. The average Bonchev–Trinajstić information content (AvgIpc) is 2.80. The molecule has 0 aliphatic heterocycles. The predicted molar refractivity (Wildman–Crippen MR) is 121 cm³/mol. The highest BCUT2D eigenvalue weighted by molar-refractivity contribution is 5.73. The van der Waals surface area contributed by atoms with Gasteiger partial charge in [-0.1, -0.05) is 74.7 Å². The second kappa shape index (κ2) is 11.0. The van der Waals surface area contributed by atoms with E-state index in [0.717, 1.165) is 25.7 Å². The van der Waals surface area contributed by atoms with Crippen molar-refractivity contribution in [3.63, 3.8) is 0 Å². The summed E-state index contributed by atoms with van der Waals surface area (Å²) in [6.45, 7) is 3.95. The summed E-state index contributed by atoms with van der Waals surface area (Å²) in [4.78, 5) is 0. The monoisotopic (exact) mass is 442 g/mol. The molecule has 168 valence electrons. The van der Waals surface area contributed by atoms with Crippen LogP contribution in [0.4, 0.5) is 17.6 Å². The zero-order chi connectivity index (χ0) is 23.1. The second-order valence-electron chi connectivity index (χ2n) is 7.70. The van der Waals surface area contributed by atoms with Crippen LogP contribution in [-0.4, -0.2) is 6.61 Å². The molecule has 0 radical (unpaired) electrons. The summed E-state index contributed by atoms with van der Waals surface area (Å²) in [5, 5.41) is 0. The molecule has 1 nitrogen and oxygen atoms in total. The Hall–Kier alpha value is -3.08. The molecule has 0 heterocycles. The Balaban J connectivity index is 1.72. The predicted octanol–water partition coefficient (Wildman–Crippen LogP) is 8.35. The Morgan fingerprint density at radius 1 is 0.719 bits per heavy atom. The lowest BCUT2D eigenvalue weighted by Crippen LogP contribution is -2.01. The number of rotatable bonds is 9. The fourth-order valence-corrected chi connectivity index (χ4v) is 3.33. The lowest BCUT2D eigenvalue weighted by atomic mass is 10.0. The number of halogens is 4. The van der Waals surface area contributed by atoms with Gasteiger partial charge in [0.25, 0.3) is 0 Å². The van der Waals surface area contributed by atoms with E-state index in [0.29, 0.717) is 17.7 Å². The molecule has 0 fully saturated rings. The maximum atomic E-state index is 14.6. The Bertz CT molecular complexity index is 1090. The number of hydrogen-bond donors (Lipinski definition) is 0. The van der Waals surface area contributed by atoms with Gasteiger partial charge in [-0.25, -0.2) is 13.2 Å². The zero-order valence-corrected chi connectivity index (χ0v) is 18.2. The lowest BCUT2D eigenvalue weighted by Gasteiger charge is -2.11. The van der Waals surface area contributed by atoms with Crippen molar-refractivity contribution in [2.45, 2.75) is 39.5 Å². The van der Waals surface area contributed by atoms with Gasteiger partial charge >= 0.3 is 0 Å². The largest absolute Gasteiger partial charge is 0.490 e. The summed E-state index contributed by atoms with van der Waals surface area (Å²) in [6.07, 6.45) is 7.06. The van der Waals surface area contributed by atoms with Crippen LogP contribution in [0.5, 0.6) is 5.75 Å². The van der Waals surface area contributed by atoms with Crippen molar-refractivity contribution in [2.24, 2.45) is 0 Å².